The SMILES string of the molecule is C#CC#CC#[C][Ga-]([C]#CC#CC#C)([C]#CC#CC#C)[C]#CC#CC#C.CCn1c2ccccc2c2cc([S+](c3ccc(F)cc3)c3ccc(F)cc3)ccc21.FC(F)(F)C(F)(F)F.FC(F)(F)C(F)(F)F.FC(F)(F)C(F)(F)F.FC(F)(F)C(F)(F)F.[HH].[HH].[HH].[HH]. The van der Waals surface area contributed by atoms with Crippen LogP contribution in [-0.4, -0.2) is 69.0 Å². The molecule has 4 aromatic carbocycles. The van der Waals surface area contributed by atoms with E-state index in [-0.39, 0.29) is 17.3 Å². The minimum absolute atomic E-state index is 0. The molecule has 0 N–H and O–H groups in total. The van der Waals surface area contributed by atoms with Crippen LogP contribution in [0.25, 0.3) is 21.8 Å². The van der Waals surface area contributed by atoms with Gasteiger partial charge in [-0.25, -0.2) is 8.78 Å². The Balaban J connectivity index is -0.000000361. The largest absolute Gasteiger partial charge is 0.487 e. The molecular weight excluding hydrogens is 1310 g/mol. The summed E-state index contributed by atoms with van der Waals surface area (Å²) in [7, 11) is -0.465. The first kappa shape index (κ1) is 77.6. The van der Waals surface area contributed by atoms with Gasteiger partial charge in [-0.15, -0.1) is 0 Å². The number of para-hydroxylation sites is 1. The van der Waals surface area contributed by atoms with Crippen LogP contribution in [0.2, 0.25) is 0 Å². The van der Waals surface area contributed by atoms with E-state index in [2.05, 4.69) is 167 Å². The molecule has 0 saturated heterocycles. The fourth-order valence-corrected chi connectivity index (χ4v) is 10.5. The summed E-state index contributed by atoms with van der Waals surface area (Å²) in [6.45, 7) is 3.05. The van der Waals surface area contributed by atoms with Crippen molar-refractivity contribution in [1.29, 1.82) is 0 Å². The Morgan fingerprint density at radius 1 is 0.356 bits per heavy atom. The quantitative estimate of drug-likeness (QED) is 0.0731. The van der Waals surface area contributed by atoms with E-state index >= 15 is 0 Å². The van der Waals surface area contributed by atoms with Crippen LogP contribution in [0.1, 0.15) is 12.6 Å². The van der Waals surface area contributed by atoms with Gasteiger partial charge in [-0.05, 0) is 73.7 Å². The van der Waals surface area contributed by atoms with Gasteiger partial charge < -0.3 is 4.57 Å². The summed E-state index contributed by atoms with van der Waals surface area (Å²) in [4.78, 5) is 3.13. The third-order valence-electron chi connectivity index (χ3n) is 8.62. The van der Waals surface area contributed by atoms with Crippen LogP contribution in [0.5, 0.6) is 0 Å². The number of alkyl halides is 24. The molecule has 0 bridgehead atoms. The molecule has 5 rings (SSSR count). The molecule has 0 aliphatic heterocycles. The molecule has 0 saturated carbocycles. The summed E-state index contributed by atoms with van der Waals surface area (Å²) in [5, 5.41) is 2.42. The van der Waals surface area contributed by atoms with Crippen LogP contribution in [0.3, 0.4) is 0 Å². The third kappa shape index (κ3) is 27.4. The van der Waals surface area contributed by atoms with Crippen molar-refractivity contribution in [3.8, 4) is 138 Å². The molecule has 29 heteroatoms. The van der Waals surface area contributed by atoms with E-state index < -0.39 is 75.3 Å². The Morgan fingerprint density at radius 3 is 0.885 bits per heavy atom. The zero-order valence-electron chi connectivity index (χ0n) is 42.4. The zero-order valence-corrected chi connectivity index (χ0v) is 45.7. The van der Waals surface area contributed by atoms with Crippen LogP contribution in [0, 0.1) is 150 Å². The van der Waals surface area contributed by atoms with E-state index in [1.165, 1.54) is 46.1 Å². The number of halogens is 26. The van der Waals surface area contributed by atoms with Crippen LogP contribution in [0.15, 0.2) is 106 Å². The second-order valence-electron chi connectivity index (χ2n) is 14.7. The number of fused-ring (bicyclic) bond motifs is 3. The number of hydrogen-bond acceptors (Lipinski definition) is 0. The molecule has 0 atom stereocenters. The summed E-state index contributed by atoms with van der Waals surface area (Å²) in [6, 6.07) is 28.2. The van der Waals surface area contributed by atoms with Crippen LogP contribution >= 0.6 is 0 Å². The topological polar surface area (TPSA) is 4.93 Å². The maximum absolute atomic E-state index is 13.6. The third-order valence-corrected chi connectivity index (χ3v) is 15.7. The predicted molar refractivity (Wildman–Crippen MR) is 280 cm³/mol. The Hall–Kier alpha value is -9.43. The van der Waals surface area contributed by atoms with Crippen molar-refractivity contribution in [2.45, 2.75) is 77.6 Å². The van der Waals surface area contributed by atoms with Crippen molar-refractivity contribution in [3.63, 3.8) is 0 Å². The van der Waals surface area contributed by atoms with Crippen molar-refractivity contribution in [3.05, 3.63) is 103 Å². The van der Waals surface area contributed by atoms with Gasteiger partial charge in [0.05, 0.1) is 10.9 Å². The zero-order chi connectivity index (χ0) is 67.3. The molecular formula is C58H32F26GaNS. The molecule has 0 fully saturated rings. The maximum atomic E-state index is 13.6. The fraction of sp³-hybridized carbons (Fsp3) is 0.172. The van der Waals surface area contributed by atoms with Crippen molar-refractivity contribution >= 4 is 47.7 Å². The minimum Gasteiger partial charge on any atom is -0.341 e. The molecule has 0 amide bonds. The summed E-state index contributed by atoms with van der Waals surface area (Å²) in [5.74, 6) is 38.0. The molecule has 460 valence electrons. The van der Waals surface area contributed by atoms with E-state index in [4.69, 9.17) is 25.7 Å². The Labute approximate surface area is 489 Å². The van der Waals surface area contributed by atoms with Gasteiger partial charge in [-0.3, -0.25) is 0 Å². The van der Waals surface area contributed by atoms with Gasteiger partial charge in [0.1, 0.15) is 11.6 Å². The molecule has 0 aliphatic rings. The number of hydrogen-bond donors (Lipinski definition) is 0. The molecule has 0 radical (unpaired) electrons. The van der Waals surface area contributed by atoms with Gasteiger partial charge in [-0.1, -0.05) is 18.2 Å². The standard InChI is InChI=1S/C26H20F2NS.4C6H.4C2F6.Ga.4H2/c1-2-29-25-6-4-3-5-23(25)24-17-22(15-16-26(24)29)30(20-11-7-18(27)8-12-20)21-13-9-19(28)10-14-21;4*1-3-5-6-4-2;4*3-1(4,5)2(6,7)8;;;;;/h3-17H,2H2,1H3;4*1H;;;;;;4*1H/q+1;;;;;;;;;-1;;;;. The maximum Gasteiger partial charge on any atom is 0.487 e. The Bertz CT molecular complexity index is 3480. The number of benzene rings is 4. The van der Waals surface area contributed by atoms with Crippen molar-refractivity contribution in [2.75, 3.05) is 0 Å². The van der Waals surface area contributed by atoms with E-state index in [1.807, 2.05) is 24.3 Å². The summed E-state index contributed by atoms with van der Waals surface area (Å²) in [5.41, 5.74) is 2.42. The van der Waals surface area contributed by atoms with E-state index in [9.17, 15) is 114 Å². The molecule has 5 aromatic rings. The molecule has 0 spiro atoms. The van der Waals surface area contributed by atoms with E-state index in [1.54, 1.807) is 0 Å². The molecule has 1 nitrogen and oxygen atoms in total. The summed E-state index contributed by atoms with van der Waals surface area (Å²) >= 11 is -3.91. The Morgan fingerprint density at radius 2 is 0.621 bits per heavy atom. The summed E-state index contributed by atoms with van der Waals surface area (Å²) < 4.78 is 292. The van der Waals surface area contributed by atoms with Gasteiger partial charge in [0, 0.05) is 40.1 Å². The van der Waals surface area contributed by atoms with Crippen LogP contribution < -0.4 is 0 Å². The van der Waals surface area contributed by atoms with Crippen LogP contribution in [0.4, 0.5) is 114 Å². The number of nitrogens with zero attached hydrogens (tertiary/aromatic N) is 1. The van der Waals surface area contributed by atoms with Gasteiger partial charge in [0.2, 0.25) is 0 Å². The average molecular weight is 1340 g/mol. The normalized spacial score (nSPS) is 10.8. The second-order valence-corrected chi connectivity index (χ2v) is 22.7. The number of rotatable bonds is 4. The molecule has 87 heavy (non-hydrogen) atoms. The van der Waals surface area contributed by atoms with Gasteiger partial charge in [0.15, 0.2) is 14.7 Å². The van der Waals surface area contributed by atoms with E-state index in [0.717, 1.165) is 21.2 Å². The van der Waals surface area contributed by atoms with Crippen molar-refractivity contribution in [2.24, 2.45) is 0 Å². The molecule has 0 unspecified atom stereocenters. The molecule has 1 aromatic heterocycles. The minimum atomic E-state index is -6.06. The molecule has 0 aliphatic carbocycles. The smallest absolute Gasteiger partial charge is 0.341 e. The first-order valence-corrected chi connectivity index (χ1v) is 27.8. The Kier molecular flexibility index (Phi) is 30.2. The average Bonchev–Trinajstić information content (AvgIpc) is 1.64. The number of aryl methyl sites for hydroxylation is 1. The van der Waals surface area contributed by atoms with Gasteiger partial charge in [0.25, 0.3) is 0 Å². The molecule has 1 heterocycles. The van der Waals surface area contributed by atoms with Gasteiger partial charge >= 0.3 is 203 Å². The number of aromatic nitrogens is 1. The fourth-order valence-electron chi connectivity index (χ4n) is 5.11. The summed E-state index contributed by atoms with van der Waals surface area (Å²) in [6.07, 6.45) is -28.3. The monoisotopic (exact) mass is 1340 g/mol. The first-order chi connectivity index (χ1) is 39.9. The van der Waals surface area contributed by atoms with Crippen LogP contribution in [-0.2, 0) is 17.4 Å². The second kappa shape index (κ2) is 33.9. The predicted octanol–water partition coefficient (Wildman–Crippen LogP) is 16.8. The van der Waals surface area contributed by atoms with Gasteiger partial charge in [-0.2, -0.15) is 105 Å². The van der Waals surface area contributed by atoms with Crippen molar-refractivity contribution < 1.29 is 120 Å². The first-order valence-electron chi connectivity index (χ1n) is 21.8. The van der Waals surface area contributed by atoms with E-state index in [0.29, 0.717) is 0 Å². The number of terminal acetylenes is 4. The van der Waals surface area contributed by atoms with Crippen molar-refractivity contribution in [1.82, 2.24) is 4.57 Å².